The van der Waals surface area contributed by atoms with Crippen molar-refractivity contribution >= 4 is 46.8 Å². The van der Waals surface area contributed by atoms with E-state index in [0.717, 1.165) is 12.0 Å². The van der Waals surface area contributed by atoms with E-state index in [1.807, 2.05) is 30.3 Å². The molecule has 3 amide bonds. The van der Waals surface area contributed by atoms with E-state index in [9.17, 15) is 19.5 Å². The van der Waals surface area contributed by atoms with Crippen LogP contribution in [-0.4, -0.2) is 74.4 Å². The predicted molar refractivity (Wildman–Crippen MR) is 173 cm³/mol. The second kappa shape index (κ2) is 12.9. The molecule has 5 atom stereocenters. The van der Waals surface area contributed by atoms with Gasteiger partial charge in [-0.3, -0.25) is 14.4 Å². The summed E-state index contributed by atoms with van der Waals surface area (Å²) in [4.78, 5) is 48.8. The highest BCUT2D eigenvalue weighted by molar-refractivity contribution is 8.02. The molecule has 3 saturated heterocycles. The lowest BCUT2D eigenvalue weighted by Gasteiger charge is -2.38. The van der Waals surface area contributed by atoms with Crippen LogP contribution in [0.25, 0.3) is 0 Å². The molecule has 9 heteroatoms. The smallest absolute Gasteiger partial charge is 0.251 e. The maximum absolute atomic E-state index is 14.7. The maximum atomic E-state index is 14.7. The lowest BCUT2D eigenvalue weighted by Crippen LogP contribution is -2.55. The molecule has 3 heterocycles. The van der Waals surface area contributed by atoms with Crippen molar-refractivity contribution in [1.82, 2.24) is 9.80 Å². The number of halogens is 1. The van der Waals surface area contributed by atoms with Crippen LogP contribution in [0.3, 0.4) is 0 Å². The van der Waals surface area contributed by atoms with Crippen molar-refractivity contribution in [3.63, 3.8) is 0 Å². The van der Waals surface area contributed by atoms with E-state index in [0.29, 0.717) is 49.6 Å². The molecule has 228 valence electrons. The standard InChI is InChI=1S/C34H40ClN3O4S/c1-4-19-36(23-24-11-7-6-8-12-24)30(40)27-28-31(41)38(21-9-10-22-39)29(34(28)18-17-33(27,3)43-34)32(42)37(20-5-2)26-15-13-25(35)14-16-26/h4-8,11-16,27-29,39H,1-2,9-10,17-23H2,3H3/t27-,28-,29?,33+,34?/m0/s1. The minimum atomic E-state index is -0.745. The molecule has 0 aromatic heterocycles. The van der Waals surface area contributed by atoms with Crippen LogP contribution >= 0.6 is 23.4 Å². The number of hydrogen-bond acceptors (Lipinski definition) is 5. The number of unbranched alkanes of at least 4 members (excludes halogenated alkanes) is 1. The highest BCUT2D eigenvalue weighted by Gasteiger charge is 2.77. The zero-order valence-electron chi connectivity index (χ0n) is 24.7. The molecule has 0 aliphatic carbocycles. The number of amides is 3. The van der Waals surface area contributed by atoms with Crippen LogP contribution in [0.2, 0.25) is 5.02 Å². The molecule has 1 spiro atoms. The number of likely N-dealkylation sites (tertiary alicyclic amines) is 1. The molecule has 3 aliphatic rings. The molecule has 1 N–H and O–H groups in total. The van der Waals surface area contributed by atoms with Crippen LogP contribution in [0, 0.1) is 11.8 Å². The number of thioether (sulfide) groups is 1. The van der Waals surface area contributed by atoms with E-state index >= 15 is 0 Å². The van der Waals surface area contributed by atoms with Gasteiger partial charge in [0.2, 0.25) is 11.8 Å². The highest BCUT2D eigenvalue weighted by Crippen LogP contribution is 2.71. The third-order valence-electron chi connectivity index (χ3n) is 9.18. The van der Waals surface area contributed by atoms with E-state index in [1.165, 1.54) is 0 Å². The number of carbonyl (C=O) groups is 3. The summed E-state index contributed by atoms with van der Waals surface area (Å²) in [6, 6.07) is 16.2. The largest absolute Gasteiger partial charge is 0.396 e. The number of fused-ring (bicyclic) bond motifs is 1. The van der Waals surface area contributed by atoms with Gasteiger partial charge in [-0.1, -0.05) is 54.1 Å². The number of aliphatic hydroxyl groups excluding tert-OH is 1. The Bertz CT molecular complexity index is 1370. The minimum Gasteiger partial charge on any atom is -0.396 e. The van der Waals surface area contributed by atoms with Crippen molar-refractivity contribution in [1.29, 1.82) is 0 Å². The number of carbonyl (C=O) groups excluding carboxylic acids is 3. The van der Waals surface area contributed by atoms with Gasteiger partial charge >= 0.3 is 0 Å². The Morgan fingerprint density at radius 1 is 1.05 bits per heavy atom. The van der Waals surface area contributed by atoms with Gasteiger partial charge in [0, 0.05) is 48.2 Å². The van der Waals surface area contributed by atoms with Gasteiger partial charge in [0.05, 0.1) is 16.6 Å². The molecular weight excluding hydrogens is 582 g/mol. The molecule has 2 bridgehead atoms. The Hall–Kier alpha value is -3.07. The Morgan fingerprint density at radius 3 is 2.40 bits per heavy atom. The number of rotatable bonds is 13. The van der Waals surface area contributed by atoms with Gasteiger partial charge in [0.15, 0.2) is 0 Å². The number of aliphatic hydroxyl groups is 1. The molecular formula is C34H40ClN3O4S. The Balaban J connectivity index is 1.54. The molecule has 3 aliphatic heterocycles. The molecule has 2 aromatic rings. The molecule has 5 rings (SSSR count). The predicted octanol–water partition coefficient (Wildman–Crippen LogP) is 5.33. The zero-order chi connectivity index (χ0) is 30.8. The lowest BCUT2D eigenvalue weighted by molar-refractivity contribution is -0.145. The van der Waals surface area contributed by atoms with Crippen LogP contribution in [0.1, 0.15) is 38.2 Å². The Labute approximate surface area is 263 Å². The SMILES string of the molecule is C=CCN(Cc1ccccc1)C(=O)[C@@H]1[C@H]2C(=O)N(CCCCO)C(C(=O)N(CC=C)c3ccc(Cl)cc3)C23CC[C@@]1(C)S3. The number of hydrogen-bond donors (Lipinski definition) is 1. The van der Waals surface area contributed by atoms with Gasteiger partial charge in [-0.15, -0.1) is 24.9 Å². The fourth-order valence-electron chi connectivity index (χ4n) is 7.32. The summed E-state index contributed by atoms with van der Waals surface area (Å²) in [5, 5.41) is 10.1. The fourth-order valence-corrected chi connectivity index (χ4v) is 9.79. The summed E-state index contributed by atoms with van der Waals surface area (Å²) in [6.07, 6.45) is 5.90. The van der Waals surface area contributed by atoms with E-state index in [4.69, 9.17) is 11.6 Å². The van der Waals surface area contributed by atoms with Crippen molar-refractivity contribution in [2.24, 2.45) is 11.8 Å². The van der Waals surface area contributed by atoms with E-state index in [-0.39, 0.29) is 30.9 Å². The first-order valence-electron chi connectivity index (χ1n) is 14.9. The summed E-state index contributed by atoms with van der Waals surface area (Å²) < 4.78 is -1.21. The van der Waals surface area contributed by atoms with Gasteiger partial charge in [-0.05, 0) is 62.4 Å². The van der Waals surface area contributed by atoms with Crippen molar-refractivity contribution in [2.75, 3.05) is 31.1 Å². The average molecular weight is 622 g/mol. The molecule has 0 saturated carbocycles. The van der Waals surface area contributed by atoms with Gasteiger partial charge in [-0.25, -0.2) is 0 Å². The van der Waals surface area contributed by atoms with Gasteiger partial charge in [0.25, 0.3) is 5.91 Å². The van der Waals surface area contributed by atoms with Crippen LogP contribution in [-0.2, 0) is 20.9 Å². The van der Waals surface area contributed by atoms with Crippen LogP contribution in [0.4, 0.5) is 5.69 Å². The number of benzene rings is 2. The third kappa shape index (κ3) is 5.65. The first kappa shape index (κ1) is 31.4. The van der Waals surface area contributed by atoms with Gasteiger partial charge < -0.3 is 19.8 Å². The number of anilines is 1. The van der Waals surface area contributed by atoms with Crippen molar-refractivity contribution in [2.45, 2.75) is 54.7 Å². The maximum Gasteiger partial charge on any atom is 0.251 e. The monoisotopic (exact) mass is 621 g/mol. The lowest BCUT2D eigenvalue weighted by atomic mass is 9.66. The normalized spacial score (nSPS) is 27.2. The first-order valence-corrected chi connectivity index (χ1v) is 16.1. The molecule has 2 aromatic carbocycles. The Kier molecular flexibility index (Phi) is 9.40. The van der Waals surface area contributed by atoms with Crippen LogP contribution in [0.5, 0.6) is 0 Å². The summed E-state index contributed by atoms with van der Waals surface area (Å²) in [7, 11) is 0. The van der Waals surface area contributed by atoms with Crippen molar-refractivity contribution < 1.29 is 19.5 Å². The van der Waals surface area contributed by atoms with Crippen LogP contribution < -0.4 is 4.90 Å². The number of nitrogens with zero attached hydrogens (tertiary/aromatic N) is 3. The fraction of sp³-hybridized carbons (Fsp3) is 0.441. The van der Waals surface area contributed by atoms with E-state index in [1.54, 1.807) is 62.9 Å². The minimum absolute atomic E-state index is 0.00646. The zero-order valence-corrected chi connectivity index (χ0v) is 26.2. The average Bonchev–Trinajstić information content (AvgIpc) is 3.57. The quantitative estimate of drug-likeness (QED) is 0.242. The van der Waals surface area contributed by atoms with E-state index < -0.39 is 27.4 Å². The van der Waals surface area contributed by atoms with Gasteiger partial charge in [-0.2, -0.15) is 0 Å². The molecule has 7 nitrogen and oxygen atoms in total. The van der Waals surface area contributed by atoms with Crippen molar-refractivity contribution in [3.8, 4) is 0 Å². The summed E-state index contributed by atoms with van der Waals surface area (Å²) in [5.74, 6) is -1.57. The summed E-state index contributed by atoms with van der Waals surface area (Å²) in [5.41, 5.74) is 1.68. The van der Waals surface area contributed by atoms with Crippen LogP contribution in [0.15, 0.2) is 79.9 Å². The second-order valence-corrected chi connectivity index (χ2v) is 14.2. The van der Waals surface area contributed by atoms with Gasteiger partial charge in [0.1, 0.15) is 6.04 Å². The first-order chi connectivity index (χ1) is 20.7. The van der Waals surface area contributed by atoms with E-state index in [2.05, 4.69) is 20.1 Å². The molecule has 43 heavy (non-hydrogen) atoms. The molecule has 2 unspecified atom stereocenters. The Morgan fingerprint density at radius 2 is 1.74 bits per heavy atom. The van der Waals surface area contributed by atoms with Crippen molar-refractivity contribution in [3.05, 3.63) is 90.5 Å². The molecule has 3 fully saturated rings. The topological polar surface area (TPSA) is 81.2 Å². The summed E-state index contributed by atoms with van der Waals surface area (Å²) in [6.45, 7) is 11.3. The summed E-state index contributed by atoms with van der Waals surface area (Å²) >= 11 is 7.82. The molecule has 0 radical (unpaired) electrons. The highest BCUT2D eigenvalue weighted by atomic mass is 35.5. The second-order valence-electron chi connectivity index (χ2n) is 11.9. The third-order valence-corrected chi connectivity index (χ3v) is 11.4.